The average Bonchev–Trinajstić information content (AvgIpc) is 2.89. The zero-order valence-corrected chi connectivity index (χ0v) is 13.3. The summed E-state index contributed by atoms with van der Waals surface area (Å²) in [5.74, 6) is -1.17. The zero-order valence-electron chi connectivity index (χ0n) is 13.3. The minimum absolute atomic E-state index is 0.290. The molecule has 0 bridgehead atoms. The molecule has 0 saturated carbocycles. The Bertz CT molecular complexity index is 1070. The number of rotatable bonds is 1. The Morgan fingerprint density at radius 3 is 1.50 bits per heavy atom. The maximum absolute atomic E-state index is 9.88. The van der Waals surface area contributed by atoms with E-state index in [0.29, 0.717) is 39.2 Å². The van der Waals surface area contributed by atoms with Gasteiger partial charge in [-0.05, 0) is 59.7 Å². The van der Waals surface area contributed by atoms with Crippen molar-refractivity contribution in [2.24, 2.45) is 4.99 Å². The summed E-state index contributed by atoms with van der Waals surface area (Å²) >= 11 is 0. The SMILES string of the molecule is N#Cc1ccc(N=C2c3cc(O)c(O)cc3-c3cc(O)c(O)cc32)cc1. The summed E-state index contributed by atoms with van der Waals surface area (Å²) in [5, 5.41) is 48.3. The van der Waals surface area contributed by atoms with Gasteiger partial charge in [0.25, 0.3) is 0 Å². The van der Waals surface area contributed by atoms with E-state index in [2.05, 4.69) is 4.99 Å². The molecule has 6 heteroatoms. The first-order valence-corrected chi connectivity index (χ1v) is 7.70. The Labute approximate surface area is 148 Å². The molecule has 26 heavy (non-hydrogen) atoms. The van der Waals surface area contributed by atoms with Crippen LogP contribution in [-0.2, 0) is 0 Å². The van der Waals surface area contributed by atoms with Crippen LogP contribution in [0.1, 0.15) is 16.7 Å². The van der Waals surface area contributed by atoms with Crippen molar-refractivity contribution >= 4 is 11.4 Å². The maximum atomic E-state index is 9.88. The summed E-state index contributed by atoms with van der Waals surface area (Å²) in [6, 6.07) is 14.2. The van der Waals surface area contributed by atoms with Crippen molar-refractivity contribution in [1.29, 1.82) is 5.26 Å². The van der Waals surface area contributed by atoms with Crippen molar-refractivity contribution in [2.75, 3.05) is 0 Å². The third-order valence-electron chi connectivity index (χ3n) is 4.27. The summed E-state index contributed by atoms with van der Waals surface area (Å²) in [4.78, 5) is 4.58. The molecular weight excluding hydrogens is 332 g/mol. The van der Waals surface area contributed by atoms with E-state index in [-0.39, 0.29) is 23.0 Å². The number of phenolic OH excluding ortho intramolecular Hbond substituents is 4. The molecule has 6 nitrogen and oxygen atoms in total. The molecule has 0 fully saturated rings. The predicted molar refractivity (Wildman–Crippen MR) is 95.0 cm³/mol. The molecule has 0 saturated heterocycles. The lowest BCUT2D eigenvalue weighted by atomic mass is 10.0. The predicted octanol–water partition coefficient (Wildman–Crippen LogP) is 3.53. The Hall–Kier alpha value is -3.98. The second-order valence-corrected chi connectivity index (χ2v) is 5.89. The maximum Gasteiger partial charge on any atom is 0.158 e. The van der Waals surface area contributed by atoms with Crippen LogP contribution in [0.25, 0.3) is 11.1 Å². The largest absolute Gasteiger partial charge is 0.504 e. The fraction of sp³-hybridized carbons (Fsp3) is 0. The summed E-state index contributed by atoms with van der Waals surface area (Å²) in [5.41, 5.74) is 3.85. The van der Waals surface area contributed by atoms with Crippen LogP contribution in [0.2, 0.25) is 0 Å². The van der Waals surface area contributed by atoms with Crippen molar-refractivity contribution in [2.45, 2.75) is 0 Å². The third-order valence-corrected chi connectivity index (χ3v) is 4.27. The van der Waals surface area contributed by atoms with E-state index < -0.39 is 0 Å². The number of fused-ring (bicyclic) bond motifs is 3. The first kappa shape index (κ1) is 15.5. The molecule has 1 aliphatic rings. The standard InChI is InChI=1S/C20H12N2O4/c21-9-10-1-3-11(4-2-10)22-20-14-7-18(25)16(23)5-12(14)13-6-17(24)19(26)8-15(13)20/h1-8,23-26H. The summed E-state index contributed by atoms with van der Waals surface area (Å²) in [7, 11) is 0. The number of benzene rings is 3. The van der Waals surface area contributed by atoms with E-state index in [9.17, 15) is 20.4 Å². The monoisotopic (exact) mass is 344 g/mol. The van der Waals surface area contributed by atoms with E-state index in [1.165, 1.54) is 24.3 Å². The van der Waals surface area contributed by atoms with Gasteiger partial charge in [-0.3, -0.25) is 0 Å². The quantitative estimate of drug-likeness (QED) is 0.394. The van der Waals surface area contributed by atoms with Crippen LogP contribution in [0.3, 0.4) is 0 Å². The fourth-order valence-corrected chi connectivity index (χ4v) is 3.00. The Balaban J connectivity index is 1.98. The molecule has 0 aliphatic heterocycles. The van der Waals surface area contributed by atoms with Gasteiger partial charge in [-0.25, -0.2) is 4.99 Å². The second-order valence-electron chi connectivity index (χ2n) is 5.89. The van der Waals surface area contributed by atoms with E-state index in [0.717, 1.165) is 0 Å². The van der Waals surface area contributed by atoms with Gasteiger partial charge >= 0.3 is 0 Å². The normalized spacial score (nSPS) is 11.6. The molecule has 0 heterocycles. The fourth-order valence-electron chi connectivity index (χ4n) is 3.00. The first-order chi connectivity index (χ1) is 12.5. The molecule has 0 amide bonds. The van der Waals surface area contributed by atoms with E-state index in [1.54, 1.807) is 24.3 Å². The van der Waals surface area contributed by atoms with Crippen LogP contribution in [0, 0.1) is 11.3 Å². The van der Waals surface area contributed by atoms with Crippen molar-refractivity contribution < 1.29 is 20.4 Å². The molecule has 3 aromatic rings. The van der Waals surface area contributed by atoms with Gasteiger partial charge in [0.1, 0.15) is 0 Å². The summed E-state index contributed by atoms with van der Waals surface area (Å²) in [6.45, 7) is 0. The van der Waals surface area contributed by atoms with Crippen LogP contribution in [0.15, 0.2) is 53.5 Å². The molecule has 0 atom stereocenters. The van der Waals surface area contributed by atoms with Gasteiger partial charge in [0, 0.05) is 11.1 Å². The minimum atomic E-state index is -0.294. The number of phenols is 4. The van der Waals surface area contributed by atoms with Gasteiger partial charge in [-0.2, -0.15) is 5.26 Å². The molecule has 3 aromatic carbocycles. The molecule has 0 spiro atoms. The van der Waals surface area contributed by atoms with Gasteiger partial charge in [0.05, 0.1) is 23.0 Å². The summed E-state index contributed by atoms with van der Waals surface area (Å²) < 4.78 is 0. The van der Waals surface area contributed by atoms with Gasteiger partial charge < -0.3 is 20.4 Å². The molecule has 0 aromatic heterocycles. The number of hydrogen-bond acceptors (Lipinski definition) is 6. The van der Waals surface area contributed by atoms with Gasteiger partial charge in [0.15, 0.2) is 23.0 Å². The highest BCUT2D eigenvalue weighted by Crippen LogP contribution is 2.46. The van der Waals surface area contributed by atoms with Crippen LogP contribution in [0.5, 0.6) is 23.0 Å². The number of aliphatic imine (C=N–C) groups is 1. The minimum Gasteiger partial charge on any atom is -0.504 e. The lowest BCUT2D eigenvalue weighted by Crippen LogP contribution is -1.97. The van der Waals surface area contributed by atoms with Crippen molar-refractivity contribution in [3.8, 4) is 40.2 Å². The molecule has 4 rings (SSSR count). The zero-order chi connectivity index (χ0) is 18.4. The number of aromatic hydroxyl groups is 4. The van der Waals surface area contributed by atoms with E-state index >= 15 is 0 Å². The molecule has 126 valence electrons. The number of nitriles is 1. The van der Waals surface area contributed by atoms with Crippen LogP contribution in [0.4, 0.5) is 5.69 Å². The van der Waals surface area contributed by atoms with E-state index in [4.69, 9.17) is 5.26 Å². The highest BCUT2D eigenvalue weighted by molar-refractivity contribution is 6.25. The highest BCUT2D eigenvalue weighted by atomic mass is 16.3. The lowest BCUT2D eigenvalue weighted by Gasteiger charge is -2.05. The topological polar surface area (TPSA) is 117 Å². The van der Waals surface area contributed by atoms with Crippen LogP contribution >= 0.6 is 0 Å². The van der Waals surface area contributed by atoms with Gasteiger partial charge in [-0.15, -0.1) is 0 Å². The van der Waals surface area contributed by atoms with Crippen LogP contribution in [-0.4, -0.2) is 26.1 Å². The highest BCUT2D eigenvalue weighted by Gasteiger charge is 2.28. The third kappa shape index (κ3) is 2.31. The molecule has 4 N–H and O–H groups in total. The number of hydrogen-bond donors (Lipinski definition) is 4. The molecule has 0 radical (unpaired) electrons. The molecular formula is C20H12N2O4. The van der Waals surface area contributed by atoms with Crippen molar-refractivity contribution in [1.82, 2.24) is 0 Å². The van der Waals surface area contributed by atoms with Crippen molar-refractivity contribution in [3.63, 3.8) is 0 Å². The lowest BCUT2D eigenvalue weighted by molar-refractivity contribution is 0.403. The Morgan fingerprint density at radius 2 is 1.08 bits per heavy atom. The summed E-state index contributed by atoms with van der Waals surface area (Å²) in [6.07, 6.45) is 0. The first-order valence-electron chi connectivity index (χ1n) is 7.70. The molecule has 1 aliphatic carbocycles. The van der Waals surface area contributed by atoms with Gasteiger partial charge in [-0.1, -0.05) is 0 Å². The smallest absolute Gasteiger partial charge is 0.158 e. The van der Waals surface area contributed by atoms with Crippen LogP contribution < -0.4 is 0 Å². The number of nitrogens with zero attached hydrogens (tertiary/aromatic N) is 2. The molecule has 0 unspecified atom stereocenters. The second kappa shape index (κ2) is 5.53. The van der Waals surface area contributed by atoms with E-state index in [1.807, 2.05) is 6.07 Å². The Kier molecular flexibility index (Phi) is 3.31. The average molecular weight is 344 g/mol. The van der Waals surface area contributed by atoms with Gasteiger partial charge in [0.2, 0.25) is 0 Å². The van der Waals surface area contributed by atoms with Crippen molar-refractivity contribution in [3.05, 3.63) is 65.2 Å². The Morgan fingerprint density at radius 1 is 0.654 bits per heavy atom.